The van der Waals surface area contributed by atoms with Crippen LogP contribution in [0.25, 0.3) is 0 Å². The highest BCUT2D eigenvalue weighted by Gasteiger charge is 2.49. The fraction of sp³-hybridized carbons (Fsp3) is 0. The summed E-state index contributed by atoms with van der Waals surface area (Å²) in [5.74, 6) is -11.7. The number of rotatable bonds is 4. The summed E-state index contributed by atoms with van der Waals surface area (Å²) in [7, 11) is 0. The lowest BCUT2D eigenvalue weighted by molar-refractivity contribution is 0.582. The van der Waals surface area contributed by atoms with Crippen molar-refractivity contribution in [2.75, 3.05) is 0 Å². The second-order valence-corrected chi connectivity index (χ2v) is 11.4. The van der Waals surface area contributed by atoms with Crippen LogP contribution in [0.3, 0.4) is 0 Å². The van der Waals surface area contributed by atoms with E-state index in [1.54, 1.807) is 0 Å². The lowest BCUT2D eigenvalue weighted by Gasteiger charge is -2.41. The molecule has 0 saturated heterocycles. The van der Waals surface area contributed by atoms with Gasteiger partial charge in [0.2, 0.25) is 0 Å². The highest BCUT2D eigenvalue weighted by molar-refractivity contribution is 7.20. The van der Waals surface area contributed by atoms with E-state index < -0.39 is 77.3 Å². The lowest BCUT2D eigenvalue weighted by atomic mass is 10.3. The van der Waals surface area contributed by atoms with Gasteiger partial charge in [0.1, 0.15) is 0 Å². The van der Waals surface area contributed by atoms with E-state index in [2.05, 4.69) is 0 Å². The fourth-order valence-corrected chi connectivity index (χ4v) is 10.4. The van der Waals surface area contributed by atoms with Crippen molar-refractivity contribution in [2.24, 2.45) is 0 Å². The SMILES string of the molecule is Fc1cccc(F)[c]1[Al-]([c]1c(F)cccc1F)([c]1c(F)cccc1F)[c]1c(F)cccc1F. The third-order valence-electron chi connectivity index (χ3n) is 5.73. The number of halogens is 8. The van der Waals surface area contributed by atoms with Crippen LogP contribution < -0.4 is 17.7 Å². The molecule has 0 aromatic heterocycles. The first kappa shape index (κ1) is 23.0. The summed E-state index contributed by atoms with van der Waals surface area (Å²) in [5, 5.41) is 0. The molecule has 0 heterocycles. The van der Waals surface area contributed by atoms with Crippen molar-refractivity contribution in [3.8, 4) is 0 Å². The van der Waals surface area contributed by atoms with Crippen molar-refractivity contribution < 1.29 is 35.1 Å². The molecule has 0 spiro atoms. The number of hydrogen-bond acceptors (Lipinski definition) is 0. The molecule has 0 fully saturated rings. The summed E-state index contributed by atoms with van der Waals surface area (Å²) in [5.41, 5.74) is 0. The molecule has 0 atom stereocenters. The van der Waals surface area contributed by atoms with Crippen LogP contribution >= 0.6 is 0 Å². The van der Waals surface area contributed by atoms with Crippen LogP contribution in [0, 0.1) is 46.5 Å². The van der Waals surface area contributed by atoms with Gasteiger partial charge in [0, 0.05) is 0 Å². The molecule has 4 aromatic carbocycles. The van der Waals surface area contributed by atoms with Crippen LogP contribution in [0.15, 0.2) is 72.8 Å². The van der Waals surface area contributed by atoms with Crippen molar-refractivity contribution in [3.63, 3.8) is 0 Å². The van der Waals surface area contributed by atoms with Gasteiger partial charge in [-0.3, -0.25) is 0 Å². The molecule has 0 aliphatic rings. The Balaban J connectivity index is 2.44. The predicted molar refractivity (Wildman–Crippen MR) is 110 cm³/mol. The van der Waals surface area contributed by atoms with E-state index >= 15 is 35.1 Å². The maximum Gasteiger partial charge on any atom is 0.299 e. The summed E-state index contributed by atoms with van der Waals surface area (Å²) in [6, 6.07) is 9.10. The van der Waals surface area contributed by atoms with Crippen molar-refractivity contribution in [2.45, 2.75) is 0 Å². The summed E-state index contributed by atoms with van der Waals surface area (Å²) in [4.78, 5) is 0. The highest BCUT2D eigenvalue weighted by Crippen LogP contribution is 2.21. The van der Waals surface area contributed by atoms with E-state index in [0.717, 1.165) is 24.3 Å². The van der Waals surface area contributed by atoms with Crippen LogP contribution in [-0.2, 0) is 0 Å². The van der Waals surface area contributed by atoms with Gasteiger partial charge in [0.05, 0.1) is 46.5 Å². The minimum absolute atomic E-state index is 0.684. The molecule has 9 heteroatoms. The van der Waals surface area contributed by atoms with Crippen LogP contribution in [0.2, 0.25) is 0 Å². The van der Waals surface area contributed by atoms with Gasteiger partial charge in [-0.15, -0.1) is 17.7 Å². The van der Waals surface area contributed by atoms with E-state index in [9.17, 15) is 0 Å². The summed E-state index contributed by atoms with van der Waals surface area (Å²) >= 11 is -6.11. The molecule has 168 valence electrons. The van der Waals surface area contributed by atoms with Crippen molar-refractivity contribution in [3.05, 3.63) is 119 Å². The molecule has 0 aliphatic carbocycles. The fourth-order valence-electron chi connectivity index (χ4n) is 4.56. The molecule has 4 rings (SSSR count). The lowest BCUT2D eigenvalue weighted by Crippen LogP contribution is -2.80. The van der Waals surface area contributed by atoms with Gasteiger partial charge < -0.3 is 0 Å². The molecule has 0 amide bonds. The Hall–Kier alpha value is -3.15. The molecule has 33 heavy (non-hydrogen) atoms. The van der Waals surface area contributed by atoms with Crippen LogP contribution in [0.1, 0.15) is 0 Å². The van der Waals surface area contributed by atoms with Gasteiger partial charge in [-0.2, -0.15) is 0 Å². The molecular weight excluding hydrogens is 467 g/mol. The third-order valence-corrected chi connectivity index (χ3v) is 11.4. The van der Waals surface area contributed by atoms with Crippen molar-refractivity contribution in [1.29, 1.82) is 0 Å². The summed E-state index contributed by atoms with van der Waals surface area (Å²) in [6.07, 6.45) is 0. The van der Waals surface area contributed by atoms with Gasteiger partial charge in [0.25, 0.3) is 13.1 Å². The molecule has 0 nitrogen and oxygen atoms in total. The minimum Gasteiger partial charge on any atom is -0.211 e. The van der Waals surface area contributed by atoms with Crippen molar-refractivity contribution >= 4 is 30.8 Å². The Labute approximate surface area is 185 Å². The van der Waals surface area contributed by atoms with Crippen LogP contribution in [0.5, 0.6) is 0 Å². The van der Waals surface area contributed by atoms with Gasteiger partial charge >= 0.3 is 0 Å². The second-order valence-electron chi connectivity index (χ2n) is 7.41. The maximum absolute atomic E-state index is 15.3. The smallest absolute Gasteiger partial charge is 0.211 e. The van der Waals surface area contributed by atoms with Crippen LogP contribution in [0.4, 0.5) is 35.1 Å². The first-order chi connectivity index (χ1) is 15.7. The first-order valence-electron chi connectivity index (χ1n) is 9.64. The Bertz CT molecular complexity index is 1080. The zero-order chi connectivity index (χ0) is 23.9. The summed E-state index contributed by atoms with van der Waals surface area (Å²) in [6.45, 7) is 0. The van der Waals surface area contributed by atoms with E-state index in [0.29, 0.717) is 48.5 Å². The molecule has 0 bridgehead atoms. The molecule has 4 aromatic rings. The standard InChI is InChI=1S/4C6H3F2.Al/c4*7-5-2-1-3-6(8)4-5;/h4*1-3H;/q;;;;-1. The Morgan fingerprint density at radius 1 is 0.303 bits per heavy atom. The third kappa shape index (κ3) is 3.52. The number of hydrogen-bond donors (Lipinski definition) is 0. The number of benzene rings is 4. The largest absolute Gasteiger partial charge is 0.299 e. The molecule has 0 N–H and O–H groups in total. The van der Waals surface area contributed by atoms with Gasteiger partial charge in [0.15, 0.2) is 0 Å². The van der Waals surface area contributed by atoms with E-state index in [1.165, 1.54) is 0 Å². The Kier molecular flexibility index (Phi) is 6.04. The predicted octanol–water partition coefficient (Wildman–Crippen LogP) is 4.18. The quantitative estimate of drug-likeness (QED) is 0.305. The zero-order valence-corrected chi connectivity index (χ0v) is 17.7. The average Bonchev–Trinajstić information content (AvgIpc) is 2.73. The molecule has 0 unspecified atom stereocenters. The highest BCUT2D eigenvalue weighted by atomic mass is 27.2. The van der Waals surface area contributed by atoms with Crippen LogP contribution in [-0.4, -0.2) is 13.1 Å². The van der Waals surface area contributed by atoms with Crippen molar-refractivity contribution in [1.82, 2.24) is 0 Å². The van der Waals surface area contributed by atoms with Gasteiger partial charge in [-0.05, 0) is 48.5 Å². The average molecular weight is 479 g/mol. The maximum atomic E-state index is 15.3. The molecule has 0 radical (unpaired) electrons. The topological polar surface area (TPSA) is 0 Å². The zero-order valence-electron chi connectivity index (χ0n) is 16.5. The Morgan fingerprint density at radius 2 is 0.455 bits per heavy atom. The van der Waals surface area contributed by atoms with Gasteiger partial charge in [-0.25, -0.2) is 35.1 Å². The minimum atomic E-state index is -6.11. The van der Waals surface area contributed by atoms with E-state index in [-0.39, 0.29) is 0 Å². The molecule has 0 aliphatic heterocycles. The summed E-state index contributed by atoms with van der Waals surface area (Å²) < 4.78 is 117. The molecular formula is C24H12AlF8-. The monoisotopic (exact) mass is 479 g/mol. The van der Waals surface area contributed by atoms with Gasteiger partial charge in [-0.1, -0.05) is 24.3 Å². The van der Waals surface area contributed by atoms with E-state index in [1.807, 2.05) is 0 Å². The first-order valence-corrected chi connectivity index (χ1v) is 12.0. The Morgan fingerprint density at radius 3 is 0.606 bits per heavy atom. The second kappa shape index (κ2) is 8.66. The van der Waals surface area contributed by atoms with E-state index in [4.69, 9.17) is 0 Å². The normalized spacial score (nSPS) is 11.6. The molecule has 0 saturated carbocycles.